The van der Waals surface area contributed by atoms with E-state index in [-0.39, 0.29) is 5.75 Å². The van der Waals surface area contributed by atoms with Gasteiger partial charge in [-0.15, -0.1) is 0 Å². The van der Waals surface area contributed by atoms with Crippen LogP contribution in [0.1, 0.15) is 19.3 Å². The Morgan fingerprint density at radius 1 is 1.22 bits per heavy atom. The molecule has 0 aliphatic carbocycles. The monoisotopic (exact) mass is 331 g/mol. The van der Waals surface area contributed by atoms with Gasteiger partial charge in [-0.1, -0.05) is 22.0 Å². The summed E-state index contributed by atoms with van der Waals surface area (Å²) >= 11 is 3.30. The molecule has 0 radical (unpaired) electrons. The lowest BCUT2D eigenvalue weighted by Crippen LogP contribution is -2.22. The van der Waals surface area contributed by atoms with Crippen molar-refractivity contribution in [3.63, 3.8) is 0 Å². The van der Waals surface area contributed by atoms with E-state index >= 15 is 0 Å². The first-order valence-electron chi connectivity index (χ1n) is 6.29. The third-order valence-electron chi connectivity index (χ3n) is 3.24. The minimum atomic E-state index is -3.13. The molecule has 1 fully saturated rings. The van der Waals surface area contributed by atoms with Crippen LogP contribution in [0.25, 0.3) is 0 Å². The Hall–Kier alpha value is -0.390. The van der Waals surface area contributed by atoms with Crippen molar-refractivity contribution in [1.82, 2.24) is 4.90 Å². The minimum Gasteiger partial charge on any atom is -0.303 e. The van der Waals surface area contributed by atoms with Crippen molar-refractivity contribution < 1.29 is 8.42 Å². The second-order valence-electron chi connectivity index (χ2n) is 4.68. The van der Waals surface area contributed by atoms with E-state index in [9.17, 15) is 8.42 Å². The maximum atomic E-state index is 12.1. The summed E-state index contributed by atoms with van der Waals surface area (Å²) in [5.74, 6) is 0.236. The highest BCUT2D eigenvalue weighted by molar-refractivity contribution is 9.10. The first-order valence-corrected chi connectivity index (χ1v) is 8.73. The van der Waals surface area contributed by atoms with Crippen molar-refractivity contribution in [2.75, 3.05) is 25.4 Å². The summed E-state index contributed by atoms with van der Waals surface area (Å²) in [5, 5.41) is 0. The van der Waals surface area contributed by atoms with Crippen LogP contribution in [-0.2, 0) is 9.84 Å². The van der Waals surface area contributed by atoms with Gasteiger partial charge in [-0.3, -0.25) is 0 Å². The van der Waals surface area contributed by atoms with E-state index in [0.29, 0.717) is 4.90 Å². The molecule has 0 unspecified atom stereocenters. The molecule has 1 aromatic carbocycles. The Kier molecular flexibility index (Phi) is 4.81. The Bertz CT molecular complexity index is 495. The van der Waals surface area contributed by atoms with Gasteiger partial charge in [-0.05, 0) is 57.1 Å². The summed E-state index contributed by atoms with van der Waals surface area (Å²) < 4.78 is 25.0. The largest absolute Gasteiger partial charge is 0.303 e. The fraction of sp³-hybridized carbons (Fsp3) is 0.538. The number of benzene rings is 1. The van der Waals surface area contributed by atoms with Crippen molar-refractivity contribution >= 4 is 25.8 Å². The molecule has 0 aromatic heterocycles. The van der Waals surface area contributed by atoms with Gasteiger partial charge >= 0.3 is 0 Å². The van der Waals surface area contributed by atoms with Crippen molar-refractivity contribution in [2.24, 2.45) is 0 Å². The molecule has 1 aliphatic rings. The lowest BCUT2D eigenvalue weighted by atomic mass is 10.4. The Labute approximate surface area is 117 Å². The predicted molar refractivity (Wildman–Crippen MR) is 76.5 cm³/mol. The fourth-order valence-electron chi connectivity index (χ4n) is 2.26. The molecular weight excluding hydrogens is 314 g/mol. The molecule has 3 nitrogen and oxygen atoms in total. The van der Waals surface area contributed by atoms with Gasteiger partial charge in [0.2, 0.25) is 0 Å². The lowest BCUT2D eigenvalue weighted by molar-refractivity contribution is 0.340. The van der Waals surface area contributed by atoms with Crippen molar-refractivity contribution in [2.45, 2.75) is 24.2 Å². The summed E-state index contributed by atoms with van der Waals surface area (Å²) in [7, 11) is -3.13. The number of likely N-dealkylation sites (tertiary alicyclic amines) is 1. The van der Waals surface area contributed by atoms with E-state index in [1.165, 1.54) is 12.8 Å². The van der Waals surface area contributed by atoms with Crippen LogP contribution >= 0.6 is 15.9 Å². The lowest BCUT2D eigenvalue weighted by Gasteiger charge is -2.14. The molecule has 0 spiro atoms. The predicted octanol–water partition coefficient (Wildman–Crippen LogP) is 2.71. The van der Waals surface area contributed by atoms with E-state index in [1.54, 1.807) is 18.2 Å². The van der Waals surface area contributed by atoms with E-state index in [2.05, 4.69) is 20.8 Å². The number of sulfone groups is 1. The number of nitrogens with zero attached hydrogens (tertiary/aromatic N) is 1. The van der Waals surface area contributed by atoms with Crippen LogP contribution in [0, 0.1) is 0 Å². The molecule has 0 bridgehead atoms. The highest BCUT2D eigenvalue weighted by Gasteiger charge is 2.16. The highest BCUT2D eigenvalue weighted by Crippen LogP contribution is 2.18. The maximum Gasteiger partial charge on any atom is 0.178 e. The molecular formula is C13H18BrNO2S. The molecule has 0 N–H and O–H groups in total. The molecule has 0 amide bonds. The molecule has 0 atom stereocenters. The fourth-order valence-corrected chi connectivity index (χ4v) is 4.15. The molecule has 18 heavy (non-hydrogen) atoms. The second-order valence-corrected chi connectivity index (χ2v) is 7.70. The van der Waals surface area contributed by atoms with E-state index in [1.807, 2.05) is 6.07 Å². The average Bonchev–Trinajstić information content (AvgIpc) is 2.82. The first-order chi connectivity index (χ1) is 8.58. The number of rotatable bonds is 5. The van der Waals surface area contributed by atoms with Crippen LogP contribution in [0.4, 0.5) is 0 Å². The van der Waals surface area contributed by atoms with Crippen LogP contribution in [-0.4, -0.2) is 38.7 Å². The molecule has 0 saturated carbocycles. The molecule has 2 rings (SSSR count). The minimum absolute atomic E-state index is 0.236. The topological polar surface area (TPSA) is 37.4 Å². The third kappa shape index (κ3) is 3.80. The quantitative estimate of drug-likeness (QED) is 0.832. The summed E-state index contributed by atoms with van der Waals surface area (Å²) in [4.78, 5) is 2.76. The molecule has 5 heteroatoms. The van der Waals surface area contributed by atoms with Crippen LogP contribution in [0.5, 0.6) is 0 Å². The average molecular weight is 332 g/mol. The smallest absolute Gasteiger partial charge is 0.178 e. The number of halogens is 1. The van der Waals surface area contributed by atoms with Crippen LogP contribution < -0.4 is 0 Å². The Morgan fingerprint density at radius 2 is 1.94 bits per heavy atom. The molecule has 1 aromatic rings. The van der Waals surface area contributed by atoms with Crippen LogP contribution in [0.3, 0.4) is 0 Å². The van der Waals surface area contributed by atoms with Crippen molar-refractivity contribution in [3.05, 3.63) is 28.7 Å². The standard InChI is InChI=1S/C13H18BrNO2S/c14-12-5-3-6-13(11-12)18(16,17)10-4-9-15-7-1-2-8-15/h3,5-6,11H,1-2,4,7-10H2. The molecule has 1 heterocycles. The van der Waals surface area contributed by atoms with Crippen molar-refractivity contribution in [1.29, 1.82) is 0 Å². The number of hydrogen-bond donors (Lipinski definition) is 0. The van der Waals surface area contributed by atoms with Gasteiger partial charge in [0, 0.05) is 4.47 Å². The number of hydrogen-bond acceptors (Lipinski definition) is 3. The summed E-state index contributed by atoms with van der Waals surface area (Å²) in [6.07, 6.45) is 3.21. The zero-order valence-electron chi connectivity index (χ0n) is 10.3. The highest BCUT2D eigenvalue weighted by atomic mass is 79.9. The first kappa shape index (κ1) is 14.0. The van der Waals surface area contributed by atoms with Gasteiger partial charge in [-0.2, -0.15) is 0 Å². The van der Waals surface area contributed by atoms with Gasteiger partial charge < -0.3 is 4.90 Å². The summed E-state index contributed by atoms with van der Waals surface area (Å²) in [6.45, 7) is 3.14. The summed E-state index contributed by atoms with van der Waals surface area (Å²) in [6, 6.07) is 6.93. The van der Waals surface area contributed by atoms with Gasteiger partial charge in [-0.25, -0.2) is 8.42 Å². The Morgan fingerprint density at radius 3 is 2.61 bits per heavy atom. The van der Waals surface area contributed by atoms with E-state index in [0.717, 1.165) is 30.5 Å². The molecule has 1 aliphatic heterocycles. The van der Waals surface area contributed by atoms with Gasteiger partial charge in [0.25, 0.3) is 0 Å². The van der Waals surface area contributed by atoms with Gasteiger partial charge in [0.05, 0.1) is 10.6 Å². The maximum absolute atomic E-state index is 12.1. The van der Waals surface area contributed by atoms with E-state index < -0.39 is 9.84 Å². The van der Waals surface area contributed by atoms with E-state index in [4.69, 9.17) is 0 Å². The molecule has 1 saturated heterocycles. The zero-order chi connectivity index (χ0) is 13.0. The normalized spacial score (nSPS) is 17.2. The van der Waals surface area contributed by atoms with Crippen LogP contribution in [0.2, 0.25) is 0 Å². The summed E-state index contributed by atoms with van der Waals surface area (Å²) in [5.41, 5.74) is 0. The zero-order valence-corrected chi connectivity index (χ0v) is 12.7. The second kappa shape index (κ2) is 6.17. The van der Waals surface area contributed by atoms with Gasteiger partial charge in [0.15, 0.2) is 9.84 Å². The van der Waals surface area contributed by atoms with Gasteiger partial charge in [0.1, 0.15) is 0 Å². The van der Waals surface area contributed by atoms with Crippen LogP contribution in [0.15, 0.2) is 33.6 Å². The SMILES string of the molecule is O=S(=O)(CCCN1CCCC1)c1cccc(Br)c1. The Balaban J connectivity index is 1.90. The molecule has 100 valence electrons. The van der Waals surface area contributed by atoms with Crippen molar-refractivity contribution in [3.8, 4) is 0 Å². The third-order valence-corrected chi connectivity index (χ3v) is 5.53.